The molecule has 0 aliphatic rings. The molecule has 0 aliphatic carbocycles. The Balaban J connectivity index is 1.25. The Hall–Kier alpha value is -5.28. The van der Waals surface area contributed by atoms with Crippen molar-refractivity contribution in [2.45, 2.75) is 6.92 Å². The van der Waals surface area contributed by atoms with E-state index in [1.165, 1.54) is 0 Å². The van der Waals surface area contributed by atoms with Crippen molar-refractivity contribution in [1.29, 1.82) is 5.41 Å². The summed E-state index contributed by atoms with van der Waals surface area (Å²) >= 11 is 0. The molecule has 7 N–H and O–H groups in total. The molecule has 9 nitrogen and oxygen atoms in total. The minimum Gasteiger partial charge on any atom is -0.355 e. The molecule has 1 amide bonds. The SMILES string of the molecule is Cc1cc(Nc2ccc(NC(=O)c3ccc(Nc4ccnc5ccc(C(=N)NN)cc45)cc3)cc2)ccn1. The number of pyridine rings is 2. The quantitative estimate of drug-likeness (QED) is 0.0750. The van der Waals surface area contributed by atoms with E-state index in [9.17, 15) is 4.79 Å². The normalized spacial score (nSPS) is 10.6. The van der Waals surface area contributed by atoms with Crippen LogP contribution in [0.25, 0.3) is 10.9 Å². The van der Waals surface area contributed by atoms with Gasteiger partial charge in [0.05, 0.1) is 5.52 Å². The van der Waals surface area contributed by atoms with E-state index in [0.29, 0.717) is 16.8 Å². The molecule has 2 aromatic heterocycles. The van der Waals surface area contributed by atoms with Crippen LogP contribution in [0.4, 0.5) is 28.4 Å². The number of hydrogen-bond donors (Lipinski definition) is 6. The van der Waals surface area contributed by atoms with Crippen LogP contribution in [0.3, 0.4) is 0 Å². The van der Waals surface area contributed by atoms with E-state index >= 15 is 0 Å². The third kappa shape index (κ3) is 5.58. The molecule has 0 saturated carbocycles. The molecule has 0 aliphatic heterocycles. The number of benzene rings is 3. The molecular formula is C29H26N8O. The van der Waals surface area contributed by atoms with Gasteiger partial charge in [-0.05, 0) is 91.9 Å². The molecular weight excluding hydrogens is 476 g/mol. The molecule has 0 atom stereocenters. The van der Waals surface area contributed by atoms with Gasteiger partial charge in [0.15, 0.2) is 0 Å². The number of hydrogen-bond acceptors (Lipinski definition) is 7. The molecule has 0 spiro atoms. The Morgan fingerprint density at radius 3 is 2.13 bits per heavy atom. The van der Waals surface area contributed by atoms with Crippen LogP contribution in [0.2, 0.25) is 0 Å². The van der Waals surface area contributed by atoms with Gasteiger partial charge in [-0.3, -0.25) is 20.2 Å². The number of nitrogens with two attached hydrogens (primary N) is 1. The minimum atomic E-state index is -0.200. The number of anilines is 5. The molecule has 5 rings (SSSR count). The predicted octanol–water partition coefficient (Wildman–Crippen LogP) is 5.47. The third-order valence-electron chi connectivity index (χ3n) is 5.93. The van der Waals surface area contributed by atoms with Gasteiger partial charge < -0.3 is 21.4 Å². The van der Waals surface area contributed by atoms with Crippen LogP contribution in [-0.4, -0.2) is 21.7 Å². The first-order chi connectivity index (χ1) is 18.5. The summed E-state index contributed by atoms with van der Waals surface area (Å²) in [6.45, 7) is 1.94. The number of carbonyl (C=O) groups is 1. The van der Waals surface area contributed by atoms with Gasteiger partial charge in [-0.1, -0.05) is 0 Å². The Bertz CT molecular complexity index is 1610. The summed E-state index contributed by atoms with van der Waals surface area (Å²) in [5.41, 5.74) is 9.48. The summed E-state index contributed by atoms with van der Waals surface area (Å²) in [5.74, 6) is 5.31. The first kappa shape index (κ1) is 24.4. The molecule has 38 heavy (non-hydrogen) atoms. The zero-order chi connectivity index (χ0) is 26.5. The fraction of sp³-hybridized carbons (Fsp3) is 0.0345. The number of aryl methyl sites for hydroxylation is 1. The number of hydrazine groups is 1. The van der Waals surface area contributed by atoms with Crippen molar-refractivity contribution in [3.63, 3.8) is 0 Å². The molecule has 188 valence electrons. The Morgan fingerprint density at radius 1 is 0.737 bits per heavy atom. The van der Waals surface area contributed by atoms with Crippen LogP contribution in [-0.2, 0) is 0 Å². The largest absolute Gasteiger partial charge is 0.355 e. The van der Waals surface area contributed by atoms with Gasteiger partial charge in [0, 0.05) is 63.0 Å². The maximum atomic E-state index is 12.8. The maximum Gasteiger partial charge on any atom is 0.255 e. The summed E-state index contributed by atoms with van der Waals surface area (Å²) in [7, 11) is 0. The van der Waals surface area contributed by atoms with Crippen molar-refractivity contribution < 1.29 is 4.79 Å². The summed E-state index contributed by atoms with van der Waals surface area (Å²) in [6.07, 6.45) is 3.48. The van der Waals surface area contributed by atoms with Crippen molar-refractivity contribution in [3.05, 3.63) is 114 Å². The van der Waals surface area contributed by atoms with Crippen LogP contribution in [0.5, 0.6) is 0 Å². The number of aromatic nitrogens is 2. The highest BCUT2D eigenvalue weighted by molar-refractivity contribution is 6.05. The molecule has 0 saturated heterocycles. The highest BCUT2D eigenvalue weighted by Crippen LogP contribution is 2.27. The summed E-state index contributed by atoms with van der Waals surface area (Å²) in [5, 5.41) is 18.4. The molecule has 2 heterocycles. The van der Waals surface area contributed by atoms with Crippen molar-refractivity contribution in [1.82, 2.24) is 15.4 Å². The van der Waals surface area contributed by atoms with E-state index in [1.54, 1.807) is 30.6 Å². The van der Waals surface area contributed by atoms with E-state index in [4.69, 9.17) is 11.3 Å². The predicted molar refractivity (Wildman–Crippen MR) is 152 cm³/mol. The number of fused-ring (bicyclic) bond motifs is 1. The van der Waals surface area contributed by atoms with Crippen molar-refractivity contribution in [2.75, 3.05) is 16.0 Å². The lowest BCUT2D eigenvalue weighted by molar-refractivity contribution is 0.102. The highest BCUT2D eigenvalue weighted by Gasteiger charge is 2.09. The average molecular weight is 503 g/mol. The monoisotopic (exact) mass is 502 g/mol. The number of amidine groups is 1. The van der Waals surface area contributed by atoms with E-state index in [1.807, 2.05) is 73.7 Å². The zero-order valence-electron chi connectivity index (χ0n) is 20.6. The molecule has 0 bridgehead atoms. The number of rotatable bonds is 7. The van der Waals surface area contributed by atoms with Gasteiger partial charge >= 0.3 is 0 Å². The first-order valence-corrected chi connectivity index (χ1v) is 11.9. The fourth-order valence-electron chi connectivity index (χ4n) is 3.98. The minimum absolute atomic E-state index is 0.117. The molecule has 9 heteroatoms. The molecule has 5 aromatic rings. The third-order valence-corrected chi connectivity index (χ3v) is 5.93. The summed E-state index contributed by atoms with van der Waals surface area (Å²) < 4.78 is 0. The van der Waals surface area contributed by atoms with E-state index in [0.717, 1.165) is 39.3 Å². The number of nitrogens with one attached hydrogen (secondary N) is 5. The van der Waals surface area contributed by atoms with Crippen LogP contribution >= 0.6 is 0 Å². The van der Waals surface area contributed by atoms with Gasteiger partial charge in [-0.15, -0.1) is 0 Å². The highest BCUT2D eigenvalue weighted by atomic mass is 16.1. The topological polar surface area (TPSA) is 141 Å². The molecule has 0 unspecified atom stereocenters. The molecule has 0 fully saturated rings. The van der Waals surface area contributed by atoms with Crippen LogP contribution < -0.4 is 27.2 Å². The molecule has 3 aromatic carbocycles. The second-order valence-corrected chi connectivity index (χ2v) is 8.65. The van der Waals surface area contributed by atoms with Gasteiger partial charge in [0.1, 0.15) is 5.84 Å². The first-order valence-electron chi connectivity index (χ1n) is 11.9. The number of nitrogens with zero attached hydrogens (tertiary/aromatic N) is 2. The van der Waals surface area contributed by atoms with Crippen molar-refractivity contribution >= 4 is 51.1 Å². The Morgan fingerprint density at radius 2 is 1.39 bits per heavy atom. The lowest BCUT2D eigenvalue weighted by Crippen LogP contribution is -2.29. The van der Waals surface area contributed by atoms with Gasteiger partial charge in [0.25, 0.3) is 5.91 Å². The lowest BCUT2D eigenvalue weighted by Gasteiger charge is -2.12. The van der Waals surface area contributed by atoms with Crippen LogP contribution in [0.1, 0.15) is 21.6 Å². The van der Waals surface area contributed by atoms with Crippen molar-refractivity contribution in [2.24, 2.45) is 5.84 Å². The fourth-order valence-corrected chi connectivity index (χ4v) is 3.98. The van der Waals surface area contributed by atoms with E-state index < -0.39 is 0 Å². The number of amides is 1. The Kier molecular flexibility index (Phi) is 6.92. The van der Waals surface area contributed by atoms with E-state index in [-0.39, 0.29) is 11.7 Å². The van der Waals surface area contributed by atoms with Crippen LogP contribution in [0.15, 0.2) is 97.3 Å². The van der Waals surface area contributed by atoms with Crippen LogP contribution in [0, 0.1) is 12.3 Å². The zero-order valence-corrected chi connectivity index (χ0v) is 20.6. The summed E-state index contributed by atoms with van der Waals surface area (Å²) in [6, 6.07) is 26.0. The van der Waals surface area contributed by atoms with Gasteiger partial charge in [-0.25, -0.2) is 5.84 Å². The second kappa shape index (κ2) is 10.8. The lowest BCUT2D eigenvalue weighted by atomic mass is 10.1. The Labute approximate surface area is 219 Å². The van der Waals surface area contributed by atoms with E-state index in [2.05, 4.69) is 31.3 Å². The summed E-state index contributed by atoms with van der Waals surface area (Å²) in [4.78, 5) is 21.4. The number of carbonyl (C=O) groups excluding carboxylic acids is 1. The maximum absolute atomic E-state index is 12.8. The molecule has 0 radical (unpaired) electrons. The second-order valence-electron chi connectivity index (χ2n) is 8.65. The smallest absolute Gasteiger partial charge is 0.255 e. The van der Waals surface area contributed by atoms with Gasteiger partial charge in [0.2, 0.25) is 0 Å². The standard InChI is InChI=1S/C29H26N8O/c1-18-16-24(12-14-32-18)34-21-7-9-23(10-8-21)36-29(38)19-2-5-22(6-3-19)35-27-13-15-33-26-11-4-20(17-25(26)27)28(30)37-31/h2-17H,31H2,1H3,(H2,30,37)(H,32,34)(H,33,35)(H,36,38). The van der Waals surface area contributed by atoms with Gasteiger partial charge in [-0.2, -0.15) is 0 Å². The average Bonchev–Trinajstić information content (AvgIpc) is 2.94. The van der Waals surface area contributed by atoms with Crippen molar-refractivity contribution in [3.8, 4) is 0 Å².